The topological polar surface area (TPSA) is 14.1 Å². The van der Waals surface area contributed by atoms with Gasteiger partial charge >= 0.3 is 58.2 Å². The molecule has 0 aromatic carbocycles. The Morgan fingerprint density at radius 3 is 2.60 bits per heavy atom. The third-order valence-corrected chi connectivity index (χ3v) is 2.03. The van der Waals surface area contributed by atoms with Crippen molar-refractivity contribution in [2.75, 3.05) is 13.1 Å². The molecule has 0 saturated carbocycles. The van der Waals surface area contributed by atoms with Gasteiger partial charge in [-0.3, -0.25) is 0 Å². The van der Waals surface area contributed by atoms with Crippen molar-refractivity contribution in [3.05, 3.63) is 5.32 Å². The van der Waals surface area contributed by atoms with Crippen LogP contribution in [0.3, 0.4) is 0 Å². The van der Waals surface area contributed by atoms with Gasteiger partial charge in [-0.15, -0.1) is 13.1 Å². The van der Waals surface area contributed by atoms with E-state index in [0.29, 0.717) is 0 Å². The molecule has 0 aromatic heterocycles. The van der Waals surface area contributed by atoms with Crippen molar-refractivity contribution in [1.82, 2.24) is 0 Å². The van der Waals surface area contributed by atoms with E-state index in [1.807, 2.05) is 0 Å². The summed E-state index contributed by atoms with van der Waals surface area (Å²) in [7, 11) is 0. The second kappa shape index (κ2) is 6.30. The zero-order valence-corrected chi connectivity index (χ0v) is 12.3. The van der Waals surface area contributed by atoms with E-state index in [1.165, 1.54) is 12.8 Å². The minimum absolute atomic E-state index is 0. The standard InChI is InChI=1S/C8H16N.Rb/c1-7-3-4-9-6-8(2)5-7;/h7-8H,3-6H2,1-2H3;/q-1;+1. The minimum Gasteiger partial charge on any atom is -0.662 e. The first-order valence-electron chi connectivity index (χ1n) is 3.92. The summed E-state index contributed by atoms with van der Waals surface area (Å²) < 4.78 is 0. The van der Waals surface area contributed by atoms with Gasteiger partial charge in [0.05, 0.1) is 0 Å². The first-order valence-corrected chi connectivity index (χ1v) is 3.92. The zero-order chi connectivity index (χ0) is 6.69. The van der Waals surface area contributed by atoms with Crippen LogP contribution >= 0.6 is 0 Å². The number of hydrogen-bond acceptors (Lipinski definition) is 0. The van der Waals surface area contributed by atoms with Gasteiger partial charge in [0.1, 0.15) is 0 Å². The molecule has 0 aromatic rings. The number of hydrogen-bond donors (Lipinski definition) is 0. The summed E-state index contributed by atoms with van der Waals surface area (Å²) in [5.41, 5.74) is 0. The van der Waals surface area contributed by atoms with E-state index in [2.05, 4.69) is 19.2 Å². The minimum atomic E-state index is 0. The quantitative estimate of drug-likeness (QED) is 0.510. The van der Waals surface area contributed by atoms with Gasteiger partial charge in [0.2, 0.25) is 0 Å². The van der Waals surface area contributed by atoms with Crippen LogP contribution < -0.4 is 58.2 Å². The molecule has 2 heteroatoms. The molecule has 1 fully saturated rings. The summed E-state index contributed by atoms with van der Waals surface area (Å²) in [5.74, 6) is 1.74. The van der Waals surface area contributed by atoms with Crippen LogP contribution in [0, 0.1) is 11.8 Å². The third kappa shape index (κ3) is 4.60. The molecule has 1 nitrogen and oxygen atoms in total. The molecule has 1 heterocycles. The fourth-order valence-corrected chi connectivity index (χ4v) is 1.50. The van der Waals surface area contributed by atoms with Crippen LogP contribution in [0.4, 0.5) is 0 Å². The Hall–Kier alpha value is 1.77. The molecular formula is C8H16NRb. The maximum atomic E-state index is 4.40. The van der Waals surface area contributed by atoms with Gasteiger partial charge < -0.3 is 5.32 Å². The molecule has 2 atom stereocenters. The first kappa shape index (κ1) is 11.8. The van der Waals surface area contributed by atoms with E-state index in [1.54, 1.807) is 0 Å². The summed E-state index contributed by atoms with van der Waals surface area (Å²) in [6.07, 6.45) is 2.69. The Bertz CT molecular complexity index is 75.3. The summed E-state index contributed by atoms with van der Waals surface area (Å²) in [6, 6.07) is 0. The second-order valence-corrected chi connectivity index (χ2v) is 3.36. The van der Waals surface area contributed by atoms with Crippen LogP contribution in [0.1, 0.15) is 26.7 Å². The molecule has 0 amide bonds. The molecule has 1 aliphatic heterocycles. The molecule has 0 N–H and O–H groups in total. The molecule has 1 rings (SSSR count). The predicted molar refractivity (Wildman–Crippen MR) is 40.7 cm³/mol. The molecular weight excluding hydrogens is 196 g/mol. The number of rotatable bonds is 0. The first-order chi connectivity index (χ1) is 4.29. The Morgan fingerprint density at radius 1 is 1.20 bits per heavy atom. The average Bonchev–Trinajstić information content (AvgIpc) is 1.93. The summed E-state index contributed by atoms with van der Waals surface area (Å²) >= 11 is 0. The normalized spacial score (nSPS) is 34.2. The molecule has 0 spiro atoms. The van der Waals surface area contributed by atoms with Crippen molar-refractivity contribution < 1.29 is 58.2 Å². The van der Waals surface area contributed by atoms with Crippen LogP contribution in [0.15, 0.2) is 0 Å². The second-order valence-electron chi connectivity index (χ2n) is 3.36. The molecule has 1 aliphatic rings. The molecule has 0 radical (unpaired) electrons. The van der Waals surface area contributed by atoms with E-state index < -0.39 is 0 Å². The Kier molecular flexibility index (Phi) is 7.41. The third-order valence-electron chi connectivity index (χ3n) is 2.03. The number of nitrogens with zero attached hydrogens (tertiary/aromatic N) is 1. The SMILES string of the molecule is CC1CC[N-]CC(C)C1.[Rb+]. The van der Waals surface area contributed by atoms with Gasteiger partial charge in [-0.1, -0.05) is 26.2 Å². The Balaban J connectivity index is 0.000000810. The van der Waals surface area contributed by atoms with Crippen molar-refractivity contribution in [3.8, 4) is 0 Å². The van der Waals surface area contributed by atoms with Crippen molar-refractivity contribution in [1.29, 1.82) is 0 Å². The van der Waals surface area contributed by atoms with Crippen molar-refractivity contribution in [2.24, 2.45) is 11.8 Å². The Morgan fingerprint density at radius 2 is 1.90 bits per heavy atom. The molecule has 0 aliphatic carbocycles. The Labute approximate surface area is 113 Å². The van der Waals surface area contributed by atoms with E-state index in [4.69, 9.17) is 0 Å². The maximum absolute atomic E-state index is 4.40. The van der Waals surface area contributed by atoms with Crippen LogP contribution in [-0.2, 0) is 0 Å². The van der Waals surface area contributed by atoms with Crippen LogP contribution in [0.2, 0.25) is 0 Å². The van der Waals surface area contributed by atoms with Gasteiger partial charge in [0, 0.05) is 0 Å². The van der Waals surface area contributed by atoms with Crippen molar-refractivity contribution in [2.45, 2.75) is 26.7 Å². The fourth-order valence-electron chi connectivity index (χ4n) is 1.50. The maximum Gasteiger partial charge on any atom is 1.00 e. The zero-order valence-electron chi connectivity index (χ0n) is 7.43. The van der Waals surface area contributed by atoms with Crippen molar-refractivity contribution >= 4 is 0 Å². The van der Waals surface area contributed by atoms with Gasteiger partial charge in [0.25, 0.3) is 0 Å². The van der Waals surface area contributed by atoms with E-state index in [9.17, 15) is 0 Å². The van der Waals surface area contributed by atoms with E-state index in [-0.39, 0.29) is 58.2 Å². The van der Waals surface area contributed by atoms with Gasteiger partial charge in [-0.05, 0) is 12.3 Å². The average molecular weight is 212 g/mol. The molecule has 0 bridgehead atoms. The predicted octanol–water partition coefficient (Wildman–Crippen LogP) is -0.570. The molecule has 10 heavy (non-hydrogen) atoms. The van der Waals surface area contributed by atoms with E-state index >= 15 is 0 Å². The fraction of sp³-hybridized carbons (Fsp3) is 1.00. The van der Waals surface area contributed by atoms with E-state index in [0.717, 1.165) is 24.9 Å². The van der Waals surface area contributed by atoms with Gasteiger partial charge in [-0.25, -0.2) is 0 Å². The molecule has 54 valence electrons. The summed E-state index contributed by atoms with van der Waals surface area (Å²) in [5, 5.41) is 4.40. The van der Waals surface area contributed by atoms with Crippen LogP contribution in [-0.4, -0.2) is 13.1 Å². The summed E-state index contributed by atoms with van der Waals surface area (Å²) in [6.45, 7) is 6.83. The van der Waals surface area contributed by atoms with Crippen LogP contribution in [0.5, 0.6) is 0 Å². The monoisotopic (exact) mass is 211 g/mol. The van der Waals surface area contributed by atoms with Gasteiger partial charge in [0.15, 0.2) is 0 Å². The summed E-state index contributed by atoms with van der Waals surface area (Å²) in [4.78, 5) is 0. The molecule has 1 saturated heterocycles. The molecule has 2 unspecified atom stereocenters. The van der Waals surface area contributed by atoms with Crippen LogP contribution in [0.25, 0.3) is 5.32 Å². The van der Waals surface area contributed by atoms with Gasteiger partial charge in [-0.2, -0.15) is 0 Å². The largest absolute Gasteiger partial charge is 1.00 e. The smallest absolute Gasteiger partial charge is 0.662 e. The van der Waals surface area contributed by atoms with Crippen molar-refractivity contribution in [3.63, 3.8) is 0 Å².